The van der Waals surface area contributed by atoms with Crippen molar-refractivity contribution in [1.29, 1.82) is 0 Å². The van der Waals surface area contributed by atoms with Crippen LogP contribution in [0, 0.1) is 6.92 Å². The minimum atomic E-state index is 0.134. The number of ether oxygens (including phenoxy) is 1. The number of rotatable bonds is 1. The van der Waals surface area contributed by atoms with Gasteiger partial charge in [-0.1, -0.05) is 17.7 Å². The molecule has 1 aromatic carbocycles. The number of aryl methyl sites for hydroxylation is 1. The SMILES string of the molecule is Cc1ccc(-n2cc3c(c2)CC2(CCCCO2)C3)cc1. The van der Waals surface area contributed by atoms with Gasteiger partial charge in [0.2, 0.25) is 0 Å². The van der Waals surface area contributed by atoms with Crippen LogP contribution in [0.5, 0.6) is 0 Å². The normalized spacial score (nSPS) is 20.2. The highest BCUT2D eigenvalue weighted by atomic mass is 16.5. The molecule has 20 heavy (non-hydrogen) atoms. The van der Waals surface area contributed by atoms with Crippen LogP contribution in [0.2, 0.25) is 0 Å². The molecular formula is C18H21NO. The van der Waals surface area contributed by atoms with Gasteiger partial charge in [-0.25, -0.2) is 0 Å². The van der Waals surface area contributed by atoms with E-state index in [1.165, 1.54) is 41.6 Å². The molecule has 1 fully saturated rings. The van der Waals surface area contributed by atoms with Crippen molar-refractivity contribution in [3.05, 3.63) is 53.3 Å². The van der Waals surface area contributed by atoms with E-state index < -0.39 is 0 Å². The van der Waals surface area contributed by atoms with E-state index in [4.69, 9.17) is 4.74 Å². The highest BCUT2D eigenvalue weighted by Gasteiger charge is 2.40. The zero-order chi connectivity index (χ0) is 13.6. The van der Waals surface area contributed by atoms with Crippen molar-refractivity contribution in [2.75, 3.05) is 6.61 Å². The summed E-state index contributed by atoms with van der Waals surface area (Å²) in [7, 11) is 0. The van der Waals surface area contributed by atoms with Crippen molar-refractivity contribution in [2.45, 2.75) is 44.6 Å². The van der Waals surface area contributed by atoms with Crippen molar-refractivity contribution < 1.29 is 4.74 Å². The molecule has 1 aromatic heterocycles. The number of benzene rings is 1. The molecule has 2 heterocycles. The van der Waals surface area contributed by atoms with Gasteiger partial charge in [0.05, 0.1) is 5.60 Å². The first kappa shape index (κ1) is 12.2. The lowest BCUT2D eigenvalue weighted by Gasteiger charge is -2.33. The van der Waals surface area contributed by atoms with Gasteiger partial charge < -0.3 is 9.30 Å². The van der Waals surface area contributed by atoms with Crippen LogP contribution in [0.3, 0.4) is 0 Å². The van der Waals surface area contributed by atoms with Crippen LogP contribution >= 0.6 is 0 Å². The van der Waals surface area contributed by atoms with E-state index in [9.17, 15) is 0 Å². The van der Waals surface area contributed by atoms with Gasteiger partial charge in [0.25, 0.3) is 0 Å². The zero-order valence-corrected chi connectivity index (χ0v) is 12.1. The molecule has 0 bridgehead atoms. The Labute approximate surface area is 120 Å². The van der Waals surface area contributed by atoms with Crippen LogP contribution in [0.25, 0.3) is 5.69 Å². The quantitative estimate of drug-likeness (QED) is 0.766. The van der Waals surface area contributed by atoms with Gasteiger partial charge in [0.1, 0.15) is 0 Å². The summed E-state index contributed by atoms with van der Waals surface area (Å²) in [5.41, 5.74) is 5.65. The molecule has 2 aromatic rings. The van der Waals surface area contributed by atoms with E-state index in [0.717, 1.165) is 19.4 Å². The Balaban J connectivity index is 1.60. The van der Waals surface area contributed by atoms with Crippen LogP contribution < -0.4 is 0 Å². The first-order valence-electron chi connectivity index (χ1n) is 7.65. The summed E-state index contributed by atoms with van der Waals surface area (Å²) in [5.74, 6) is 0. The lowest BCUT2D eigenvalue weighted by atomic mass is 9.91. The summed E-state index contributed by atoms with van der Waals surface area (Å²) < 4.78 is 8.38. The molecule has 0 N–H and O–H groups in total. The smallest absolute Gasteiger partial charge is 0.0764 e. The third-order valence-corrected chi connectivity index (χ3v) is 4.79. The molecule has 0 unspecified atom stereocenters. The van der Waals surface area contributed by atoms with Crippen molar-refractivity contribution in [2.24, 2.45) is 0 Å². The molecule has 1 saturated heterocycles. The van der Waals surface area contributed by atoms with Gasteiger partial charge in [-0.15, -0.1) is 0 Å². The number of nitrogens with zero attached hydrogens (tertiary/aromatic N) is 1. The Hall–Kier alpha value is -1.54. The molecule has 0 saturated carbocycles. The first-order chi connectivity index (χ1) is 9.74. The zero-order valence-electron chi connectivity index (χ0n) is 12.1. The van der Waals surface area contributed by atoms with Gasteiger partial charge in [0.15, 0.2) is 0 Å². The third kappa shape index (κ3) is 1.99. The van der Waals surface area contributed by atoms with Gasteiger partial charge >= 0.3 is 0 Å². The summed E-state index contributed by atoms with van der Waals surface area (Å²) in [6.45, 7) is 3.08. The highest BCUT2D eigenvalue weighted by Crippen LogP contribution is 2.39. The van der Waals surface area contributed by atoms with Crippen LogP contribution in [0.4, 0.5) is 0 Å². The third-order valence-electron chi connectivity index (χ3n) is 4.79. The first-order valence-corrected chi connectivity index (χ1v) is 7.65. The Kier molecular flexibility index (Phi) is 2.74. The number of hydrogen-bond acceptors (Lipinski definition) is 1. The van der Waals surface area contributed by atoms with E-state index >= 15 is 0 Å². The van der Waals surface area contributed by atoms with E-state index in [0.29, 0.717) is 0 Å². The van der Waals surface area contributed by atoms with Crippen LogP contribution in [-0.2, 0) is 17.6 Å². The maximum absolute atomic E-state index is 6.12. The summed E-state index contributed by atoms with van der Waals surface area (Å²) in [4.78, 5) is 0. The molecule has 2 aliphatic rings. The van der Waals surface area contributed by atoms with Crippen molar-refractivity contribution >= 4 is 0 Å². The highest BCUT2D eigenvalue weighted by molar-refractivity contribution is 5.41. The van der Waals surface area contributed by atoms with Crippen molar-refractivity contribution in [3.63, 3.8) is 0 Å². The Morgan fingerprint density at radius 1 is 1.00 bits per heavy atom. The van der Waals surface area contributed by atoms with E-state index in [-0.39, 0.29) is 5.60 Å². The number of hydrogen-bond donors (Lipinski definition) is 0. The fourth-order valence-electron chi connectivity index (χ4n) is 3.67. The number of aromatic nitrogens is 1. The van der Waals surface area contributed by atoms with Crippen molar-refractivity contribution in [3.8, 4) is 5.69 Å². The second-order valence-electron chi connectivity index (χ2n) is 6.39. The molecule has 1 spiro atoms. The monoisotopic (exact) mass is 267 g/mol. The second-order valence-corrected chi connectivity index (χ2v) is 6.39. The van der Waals surface area contributed by atoms with E-state index in [1.807, 2.05) is 0 Å². The van der Waals surface area contributed by atoms with Crippen LogP contribution in [0.1, 0.15) is 36.0 Å². The summed E-state index contributed by atoms with van der Waals surface area (Å²) in [5, 5.41) is 0. The van der Waals surface area contributed by atoms with Crippen LogP contribution in [0.15, 0.2) is 36.7 Å². The molecule has 1 aliphatic carbocycles. The molecule has 0 radical (unpaired) electrons. The Morgan fingerprint density at radius 3 is 2.30 bits per heavy atom. The minimum absolute atomic E-state index is 0.134. The largest absolute Gasteiger partial charge is 0.374 e. The maximum Gasteiger partial charge on any atom is 0.0764 e. The fourth-order valence-corrected chi connectivity index (χ4v) is 3.67. The van der Waals surface area contributed by atoms with Crippen molar-refractivity contribution in [1.82, 2.24) is 4.57 Å². The van der Waals surface area contributed by atoms with E-state index in [2.05, 4.69) is 48.1 Å². The van der Waals surface area contributed by atoms with Gasteiger partial charge in [0, 0.05) is 37.5 Å². The Morgan fingerprint density at radius 2 is 1.70 bits per heavy atom. The molecular weight excluding hydrogens is 246 g/mol. The molecule has 104 valence electrons. The second kappa shape index (κ2) is 4.49. The number of fused-ring (bicyclic) bond motifs is 1. The van der Waals surface area contributed by atoms with Gasteiger partial charge in [-0.05, 0) is 49.4 Å². The lowest BCUT2D eigenvalue weighted by Crippen LogP contribution is -2.37. The fraction of sp³-hybridized carbons (Fsp3) is 0.444. The molecule has 4 rings (SSSR count). The summed E-state index contributed by atoms with van der Waals surface area (Å²) >= 11 is 0. The molecule has 2 heteroatoms. The predicted molar refractivity (Wildman–Crippen MR) is 80.4 cm³/mol. The summed E-state index contributed by atoms with van der Waals surface area (Å²) in [6.07, 6.45) is 10.6. The molecule has 2 nitrogen and oxygen atoms in total. The molecule has 0 amide bonds. The van der Waals surface area contributed by atoms with Gasteiger partial charge in [-0.3, -0.25) is 0 Å². The molecule has 0 atom stereocenters. The minimum Gasteiger partial charge on any atom is -0.374 e. The lowest BCUT2D eigenvalue weighted by molar-refractivity contribution is -0.0707. The topological polar surface area (TPSA) is 14.2 Å². The van der Waals surface area contributed by atoms with Crippen LogP contribution in [-0.4, -0.2) is 16.8 Å². The van der Waals surface area contributed by atoms with Gasteiger partial charge in [-0.2, -0.15) is 0 Å². The predicted octanol–water partition coefficient (Wildman–Crippen LogP) is 3.82. The van der Waals surface area contributed by atoms with E-state index in [1.54, 1.807) is 0 Å². The standard InChI is InChI=1S/C18H21NO/c1-14-4-6-17(7-5-14)19-12-15-10-18(11-16(15)13-19)8-2-3-9-20-18/h4-7,12-13H,2-3,8-11H2,1H3. The maximum atomic E-state index is 6.12. The average molecular weight is 267 g/mol. The average Bonchev–Trinajstić information content (AvgIpc) is 2.96. The molecule has 1 aliphatic heterocycles. The summed E-state index contributed by atoms with van der Waals surface area (Å²) in [6, 6.07) is 8.73. The Bertz CT molecular complexity index is 592.